The predicted molar refractivity (Wildman–Crippen MR) is 54.5 cm³/mol. The van der Waals surface area contributed by atoms with Crippen LogP contribution in [0.2, 0.25) is 0 Å². The normalized spacial score (nSPS) is 20.9. The molecule has 0 aromatic rings. The molecule has 1 fully saturated rings. The summed E-state index contributed by atoms with van der Waals surface area (Å²) in [4.78, 5) is 13.3. The van der Waals surface area contributed by atoms with Crippen molar-refractivity contribution in [2.45, 2.75) is 38.2 Å². The maximum Gasteiger partial charge on any atom is 0.222 e. The Morgan fingerprint density at radius 2 is 2.36 bits per heavy atom. The number of hydrogen-bond acceptors (Lipinski definition) is 2. The summed E-state index contributed by atoms with van der Waals surface area (Å²) >= 11 is 0. The molecule has 14 heavy (non-hydrogen) atoms. The van der Waals surface area contributed by atoms with E-state index in [0.29, 0.717) is 19.5 Å². The van der Waals surface area contributed by atoms with E-state index in [1.165, 1.54) is 0 Å². The molecule has 78 valence electrons. The minimum Gasteiger partial charge on any atom is -0.391 e. The van der Waals surface area contributed by atoms with Gasteiger partial charge in [-0.15, -0.1) is 12.3 Å². The first kappa shape index (κ1) is 11.1. The van der Waals surface area contributed by atoms with E-state index < -0.39 is 0 Å². The van der Waals surface area contributed by atoms with Gasteiger partial charge in [-0.05, 0) is 19.3 Å². The zero-order valence-corrected chi connectivity index (χ0v) is 8.41. The smallest absolute Gasteiger partial charge is 0.222 e. The summed E-state index contributed by atoms with van der Waals surface area (Å²) in [6.45, 7) is 1.21. The third kappa shape index (κ3) is 3.39. The summed E-state index contributed by atoms with van der Waals surface area (Å²) in [7, 11) is 0. The van der Waals surface area contributed by atoms with Gasteiger partial charge in [0.1, 0.15) is 0 Å². The summed E-state index contributed by atoms with van der Waals surface area (Å²) in [6.07, 6.45) is 8.59. The number of aliphatic hydroxyl groups excluding tert-OH is 1. The highest BCUT2D eigenvalue weighted by Gasteiger charge is 2.23. The van der Waals surface area contributed by atoms with E-state index in [4.69, 9.17) is 6.42 Å². The molecule has 3 heteroatoms. The van der Waals surface area contributed by atoms with Gasteiger partial charge in [-0.25, -0.2) is 0 Å². The second-order valence-electron chi connectivity index (χ2n) is 3.69. The molecule has 1 unspecified atom stereocenters. The summed E-state index contributed by atoms with van der Waals surface area (Å²) in [5.41, 5.74) is 0. The fraction of sp³-hybridized carbons (Fsp3) is 0.727. The summed E-state index contributed by atoms with van der Waals surface area (Å²) in [5, 5.41) is 9.24. The molecule has 1 N–H and O–H groups in total. The maximum atomic E-state index is 11.5. The Bertz CT molecular complexity index is 232. The van der Waals surface area contributed by atoms with Gasteiger partial charge in [0, 0.05) is 25.9 Å². The quantitative estimate of drug-likeness (QED) is 0.532. The predicted octanol–water partition coefficient (Wildman–Crippen LogP) is 0.773. The van der Waals surface area contributed by atoms with E-state index in [-0.39, 0.29) is 12.0 Å². The molecule has 3 nitrogen and oxygen atoms in total. The fourth-order valence-electron chi connectivity index (χ4n) is 1.63. The van der Waals surface area contributed by atoms with Crippen LogP contribution in [-0.4, -0.2) is 35.1 Å². The highest BCUT2D eigenvalue weighted by molar-refractivity contribution is 5.76. The molecule has 0 saturated carbocycles. The van der Waals surface area contributed by atoms with Gasteiger partial charge >= 0.3 is 0 Å². The molecule has 1 aliphatic rings. The number of hydrogen-bond donors (Lipinski definition) is 1. The van der Waals surface area contributed by atoms with Crippen LogP contribution in [0.1, 0.15) is 32.1 Å². The Labute approximate surface area is 85.1 Å². The van der Waals surface area contributed by atoms with Crippen molar-refractivity contribution < 1.29 is 9.90 Å². The number of amides is 1. The average molecular weight is 195 g/mol. The lowest BCUT2D eigenvalue weighted by molar-refractivity contribution is -0.130. The van der Waals surface area contributed by atoms with Gasteiger partial charge in [0.25, 0.3) is 0 Å². The van der Waals surface area contributed by atoms with Crippen molar-refractivity contribution in [1.29, 1.82) is 0 Å². The molecule has 1 heterocycles. The van der Waals surface area contributed by atoms with Crippen LogP contribution >= 0.6 is 0 Å². The first-order valence-corrected chi connectivity index (χ1v) is 5.13. The molecule has 0 aromatic carbocycles. The zero-order valence-electron chi connectivity index (χ0n) is 8.41. The van der Waals surface area contributed by atoms with Gasteiger partial charge in [0.2, 0.25) is 5.91 Å². The van der Waals surface area contributed by atoms with E-state index in [9.17, 15) is 9.90 Å². The number of terminal acetylenes is 1. The monoisotopic (exact) mass is 195 g/mol. The minimum absolute atomic E-state index is 0.151. The molecule has 0 spiro atoms. The van der Waals surface area contributed by atoms with Crippen LogP contribution in [0.15, 0.2) is 0 Å². The van der Waals surface area contributed by atoms with E-state index >= 15 is 0 Å². The Morgan fingerprint density at radius 3 is 2.93 bits per heavy atom. The highest BCUT2D eigenvalue weighted by Crippen LogP contribution is 2.11. The van der Waals surface area contributed by atoms with Crippen LogP contribution in [-0.2, 0) is 4.79 Å². The molecular formula is C11H17NO2. The molecule has 1 atom stereocenters. The van der Waals surface area contributed by atoms with E-state index in [1.807, 2.05) is 0 Å². The van der Waals surface area contributed by atoms with Gasteiger partial charge in [0.05, 0.1) is 6.10 Å². The van der Waals surface area contributed by atoms with Crippen LogP contribution in [0.25, 0.3) is 0 Å². The Balaban J connectivity index is 2.13. The van der Waals surface area contributed by atoms with Crippen molar-refractivity contribution in [3.63, 3.8) is 0 Å². The number of aliphatic hydroxyl groups is 1. The second-order valence-corrected chi connectivity index (χ2v) is 3.69. The molecule has 1 aliphatic heterocycles. The Kier molecular flexibility index (Phi) is 4.48. The number of unbranched alkanes of at least 4 members (excludes halogenated alkanes) is 2. The van der Waals surface area contributed by atoms with Crippen molar-refractivity contribution >= 4 is 5.91 Å². The molecule has 0 aromatic heterocycles. The largest absolute Gasteiger partial charge is 0.391 e. The van der Waals surface area contributed by atoms with Crippen molar-refractivity contribution in [3.05, 3.63) is 0 Å². The van der Waals surface area contributed by atoms with Crippen molar-refractivity contribution in [2.75, 3.05) is 13.1 Å². The van der Waals surface area contributed by atoms with E-state index in [0.717, 1.165) is 25.7 Å². The van der Waals surface area contributed by atoms with Gasteiger partial charge in [0.15, 0.2) is 0 Å². The van der Waals surface area contributed by atoms with Gasteiger partial charge in [-0.3, -0.25) is 4.79 Å². The molecule has 1 saturated heterocycles. The van der Waals surface area contributed by atoms with Gasteiger partial charge in [-0.2, -0.15) is 0 Å². The number of likely N-dealkylation sites (tertiary alicyclic amines) is 1. The average Bonchev–Trinajstić information content (AvgIpc) is 2.59. The van der Waals surface area contributed by atoms with Gasteiger partial charge in [-0.1, -0.05) is 0 Å². The first-order valence-electron chi connectivity index (χ1n) is 5.13. The van der Waals surface area contributed by atoms with Crippen LogP contribution in [0.4, 0.5) is 0 Å². The zero-order chi connectivity index (χ0) is 10.4. The van der Waals surface area contributed by atoms with E-state index in [2.05, 4.69) is 5.92 Å². The van der Waals surface area contributed by atoms with Crippen LogP contribution in [0, 0.1) is 12.3 Å². The maximum absolute atomic E-state index is 11.5. The third-order valence-electron chi connectivity index (χ3n) is 2.48. The van der Waals surface area contributed by atoms with Gasteiger partial charge < -0.3 is 10.0 Å². The Hall–Kier alpha value is -1.01. The number of rotatable bonds is 4. The number of nitrogens with zero attached hydrogens (tertiary/aromatic N) is 1. The summed E-state index contributed by atoms with van der Waals surface area (Å²) < 4.78 is 0. The molecular weight excluding hydrogens is 178 g/mol. The SMILES string of the molecule is C#CCCCCC(=O)N1CCC(O)C1. The highest BCUT2D eigenvalue weighted by atomic mass is 16.3. The Morgan fingerprint density at radius 1 is 1.57 bits per heavy atom. The van der Waals surface area contributed by atoms with Crippen LogP contribution in [0.3, 0.4) is 0 Å². The van der Waals surface area contributed by atoms with Crippen LogP contribution < -0.4 is 0 Å². The minimum atomic E-state index is -0.315. The topological polar surface area (TPSA) is 40.5 Å². The standard InChI is InChI=1S/C11H17NO2/c1-2-3-4-5-6-11(14)12-8-7-10(13)9-12/h1,10,13H,3-9H2. The number of carbonyl (C=O) groups is 1. The molecule has 1 amide bonds. The van der Waals surface area contributed by atoms with Crippen molar-refractivity contribution in [3.8, 4) is 12.3 Å². The lowest BCUT2D eigenvalue weighted by Gasteiger charge is -2.14. The lowest BCUT2D eigenvalue weighted by Crippen LogP contribution is -2.29. The van der Waals surface area contributed by atoms with E-state index in [1.54, 1.807) is 4.90 Å². The fourth-order valence-corrected chi connectivity index (χ4v) is 1.63. The molecule has 1 rings (SSSR count). The number of carbonyl (C=O) groups excluding carboxylic acids is 1. The summed E-state index contributed by atoms with van der Waals surface area (Å²) in [5.74, 6) is 2.70. The van der Waals surface area contributed by atoms with Crippen molar-refractivity contribution in [2.24, 2.45) is 0 Å². The van der Waals surface area contributed by atoms with Crippen molar-refractivity contribution in [1.82, 2.24) is 4.90 Å². The summed E-state index contributed by atoms with van der Waals surface area (Å²) in [6, 6.07) is 0. The molecule has 0 radical (unpaired) electrons. The van der Waals surface area contributed by atoms with Crippen LogP contribution in [0.5, 0.6) is 0 Å². The molecule has 0 bridgehead atoms. The lowest BCUT2D eigenvalue weighted by atomic mass is 10.2. The second kappa shape index (κ2) is 5.66. The molecule has 0 aliphatic carbocycles. The first-order chi connectivity index (χ1) is 6.74. The number of β-amino-alcohol motifs (C(OH)–C–C–N with tert-alkyl or cyclic N) is 1. The third-order valence-corrected chi connectivity index (χ3v) is 2.48.